The molecule has 6 nitrogen and oxygen atoms in total. The first-order valence-electron chi connectivity index (χ1n) is 10.6. The van der Waals surface area contributed by atoms with Crippen molar-refractivity contribution in [3.63, 3.8) is 0 Å². The summed E-state index contributed by atoms with van der Waals surface area (Å²) in [6.45, 7) is 2.16. The minimum absolute atomic E-state index is 0.102. The number of nitrogens with zero attached hydrogens (tertiary/aromatic N) is 2. The van der Waals surface area contributed by atoms with Crippen LogP contribution in [0.5, 0.6) is 0 Å². The standard InChI is InChI=1S/C24H25F3N4O2S/c1-14-8-16(12-31-18(11-26)9-17(10-25)30-31)6-7-21(14)29-23(32)19-4-3-5-20(27)22(19)24(33)28-15(2)13-34/h3-9,15,34H,10-13H2,1-2H3,(H,28,33)(H,29,32)/t15-/m0/s1. The summed E-state index contributed by atoms with van der Waals surface area (Å²) in [6, 6.07) is 10.1. The molecule has 34 heavy (non-hydrogen) atoms. The Balaban J connectivity index is 1.81. The second-order valence-electron chi connectivity index (χ2n) is 7.87. The highest BCUT2D eigenvalue weighted by molar-refractivity contribution is 7.80. The van der Waals surface area contributed by atoms with Crippen molar-refractivity contribution in [2.45, 2.75) is 39.8 Å². The number of rotatable bonds is 9. The normalized spacial score (nSPS) is 11.8. The molecule has 0 unspecified atom stereocenters. The summed E-state index contributed by atoms with van der Waals surface area (Å²) in [4.78, 5) is 25.5. The van der Waals surface area contributed by atoms with Crippen molar-refractivity contribution >= 4 is 30.1 Å². The van der Waals surface area contributed by atoms with Crippen LogP contribution in [0.3, 0.4) is 0 Å². The van der Waals surface area contributed by atoms with E-state index in [-0.39, 0.29) is 35.1 Å². The number of alkyl halides is 2. The number of carbonyl (C=O) groups is 2. The third kappa shape index (κ3) is 5.80. The molecule has 2 amide bonds. The zero-order chi connectivity index (χ0) is 24.8. The van der Waals surface area contributed by atoms with Crippen molar-refractivity contribution < 1.29 is 22.8 Å². The summed E-state index contributed by atoms with van der Waals surface area (Å²) >= 11 is 4.10. The van der Waals surface area contributed by atoms with Crippen molar-refractivity contribution in [3.05, 3.63) is 81.9 Å². The van der Waals surface area contributed by atoms with Crippen LogP contribution in [0.1, 0.15) is 50.2 Å². The number of hydrogen-bond donors (Lipinski definition) is 3. The molecule has 0 fully saturated rings. The molecule has 1 heterocycles. The summed E-state index contributed by atoms with van der Waals surface area (Å²) in [5.41, 5.74) is 1.91. The van der Waals surface area contributed by atoms with E-state index in [1.807, 2.05) is 0 Å². The van der Waals surface area contributed by atoms with Crippen LogP contribution in [-0.2, 0) is 19.9 Å². The maximum Gasteiger partial charge on any atom is 0.256 e. The SMILES string of the molecule is Cc1cc(Cn2nc(CF)cc2CF)ccc1NC(=O)c1cccc(F)c1C(=O)N[C@@H](C)CS. The second kappa shape index (κ2) is 11.2. The van der Waals surface area contributed by atoms with Crippen LogP contribution in [0.15, 0.2) is 42.5 Å². The Labute approximate surface area is 201 Å². The Kier molecular flexibility index (Phi) is 8.38. The number of aryl methyl sites for hydroxylation is 1. The number of anilines is 1. The third-order valence-corrected chi connectivity index (χ3v) is 5.74. The lowest BCUT2D eigenvalue weighted by molar-refractivity contribution is 0.0927. The topological polar surface area (TPSA) is 76.0 Å². The van der Waals surface area contributed by atoms with Gasteiger partial charge in [-0.1, -0.05) is 18.2 Å². The molecule has 0 saturated heterocycles. The van der Waals surface area contributed by atoms with Crippen LogP contribution >= 0.6 is 12.6 Å². The quantitative estimate of drug-likeness (QED) is 0.383. The Bertz CT molecular complexity index is 1200. The van der Waals surface area contributed by atoms with Gasteiger partial charge in [-0.25, -0.2) is 13.2 Å². The van der Waals surface area contributed by atoms with Crippen LogP contribution in [-0.4, -0.2) is 33.4 Å². The zero-order valence-corrected chi connectivity index (χ0v) is 19.6. The number of amides is 2. The fraction of sp³-hybridized carbons (Fsp3) is 0.292. The van der Waals surface area contributed by atoms with E-state index in [4.69, 9.17) is 0 Å². The number of hydrogen-bond acceptors (Lipinski definition) is 4. The first kappa shape index (κ1) is 25.4. The van der Waals surface area contributed by atoms with E-state index >= 15 is 0 Å². The van der Waals surface area contributed by atoms with Gasteiger partial charge in [0.2, 0.25) is 0 Å². The Morgan fingerprint density at radius 1 is 1.12 bits per heavy atom. The van der Waals surface area contributed by atoms with Gasteiger partial charge in [0.25, 0.3) is 11.8 Å². The maximum atomic E-state index is 14.5. The first-order chi connectivity index (χ1) is 16.3. The number of halogens is 3. The molecule has 10 heteroatoms. The highest BCUT2D eigenvalue weighted by Crippen LogP contribution is 2.21. The summed E-state index contributed by atoms with van der Waals surface area (Å²) in [5.74, 6) is -1.79. The van der Waals surface area contributed by atoms with Gasteiger partial charge in [0.1, 0.15) is 19.2 Å². The fourth-order valence-corrected chi connectivity index (χ4v) is 3.53. The van der Waals surface area contributed by atoms with Crippen molar-refractivity contribution in [1.82, 2.24) is 15.1 Å². The van der Waals surface area contributed by atoms with E-state index in [0.717, 1.165) is 11.6 Å². The lowest BCUT2D eigenvalue weighted by Gasteiger charge is -2.15. The Morgan fingerprint density at radius 2 is 1.88 bits per heavy atom. The number of aromatic nitrogens is 2. The molecule has 0 saturated carbocycles. The van der Waals surface area contributed by atoms with Gasteiger partial charge in [0.05, 0.1) is 29.1 Å². The number of carbonyl (C=O) groups excluding carboxylic acids is 2. The van der Waals surface area contributed by atoms with Crippen molar-refractivity contribution in [2.75, 3.05) is 11.1 Å². The van der Waals surface area contributed by atoms with Crippen LogP contribution < -0.4 is 10.6 Å². The van der Waals surface area contributed by atoms with Gasteiger partial charge in [0, 0.05) is 17.5 Å². The highest BCUT2D eigenvalue weighted by atomic mass is 32.1. The van der Waals surface area contributed by atoms with E-state index in [2.05, 4.69) is 28.4 Å². The molecule has 3 rings (SSSR count). The van der Waals surface area contributed by atoms with Crippen molar-refractivity contribution in [2.24, 2.45) is 0 Å². The first-order valence-corrected chi connectivity index (χ1v) is 11.2. The molecule has 0 aliphatic heterocycles. The Morgan fingerprint density at radius 3 is 2.53 bits per heavy atom. The number of thiol groups is 1. The molecule has 2 N–H and O–H groups in total. The highest BCUT2D eigenvalue weighted by Gasteiger charge is 2.22. The maximum absolute atomic E-state index is 14.5. The van der Waals surface area contributed by atoms with Gasteiger partial charge in [0.15, 0.2) is 0 Å². The number of benzene rings is 2. The van der Waals surface area contributed by atoms with E-state index in [0.29, 0.717) is 17.0 Å². The average molecular weight is 491 g/mol. The average Bonchev–Trinajstić information content (AvgIpc) is 3.22. The minimum Gasteiger partial charge on any atom is -0.349 e. The lowest BCUT2D eigenvalue weighted by atomic mass is 10.0. The smallest absolute Gasteiger partial charge is 0.256 e. The van der Waals surface area contributed by atoms with E-state index < -0.39 is 31.0 Å². The minimum atomic E-state index is -0.806. The van der Waals surface area contributed by atoms with Gasteiger partial charge >= 0.3 is 0 Å². The zero-order valence-electron chi connectivity index (χ0n) is 18.7. The molecule has 0 aliphatic rings. The molecule has 2 aromatic carbocycles. The molecule has 0 bridgehead atoms. The molecular formula is C24H25F3N4O2S. The molecule has 0 aliphatic carbocycles. The summed E-state index contributed by atoms with van der Waals surface area (Å²) < 4.78 is 41.9. The molecular weight excluding hydrogens is 465 g/mol. The molecule has 1 aromatic heterocycles. The van der Waals surface area contributed by atoms with E-state index in [1.54, 1.807) is 32.0 Å². The largest absolute Gasteiger partial charge is 0.349 e. The van der Waals surface area contributed by atoms with Crippen LogP contribution in [0.25, 0.3) is 0 Å². The molecule has 3 aromatic rings. The summed E-state index contributed by atoms with van der Waals surface area (Å²) in [6.07, 6.45) is 0. The predicted octanol–water partition coefficient (Wildman–Crippen LogP) is 4.62. The van der Waals surface area contributed by atoms with Crippen molar-refractivity contribution in [1.29, 1.82) is 0 Å². The summed E-state index contributed by atoms with van der Waals surface area (Å²) in [7, 11) is 0. The van der Waals surface area contributed by atoms with Crippen LogP contribution in [0.2, 0.25) is 0 Å². The molecule has 1 atom stereocenters. The molecule has 180 valence electrons. The fourth-order valence-electron chi connectivity index (χ4n) is 3.44. The van der Waals surface area contributed by atoms with Gasteiger partial charge in [-0.3, -0.25) is 14.3 Å². The van der Waals surface area contributed by atoms with Gasteiger partial charge < -0.3 is 10.6 Å². The summed E-state index contributed by atoms with van der Waals surface area (Å²) in [5, 5.41) is 9.37. The van der Waals surface area contributed by atoms with Crippen molar-refractivity contribution in [3.8, 4) is 0 Å². The molecule has 0 radical (unpaired) electrons. The van der Waals surface area contributed by atoms with E-state index in [1.165, 1.54) is 22.9 Å². The van der Waals surface area contributed by atoms with Crippen LogP contribution in [0, 0.1) is 12.7 Å². The van der Waals surface area contributed by atoms with E-state index in [9.17, 15) is 22.8 Å². The van der Waals surface area contributed by atoms with Gasteiger partial charge in [-0.2, -0.15) is 17.7 Å². The van der Waals surface area contributed by atoms with Gasteiger partial charge in [-0.15, -0.1) is 0 Å². The molecule has 0 spiro atoms. The monoisotopic (exact) mass is 490 g/mol. The Hall–Kier alpha value is -3.27. The van der Waals surface area contributed by atoms with Crippen LogP contribution in [0.4, 0.5) is 18.9 Å². The van der Waals surface area contributed by atoms with Gasteiger partial charge in [-0.05, 0) is 49.2 Å². The number of nitrogens with one attached hydrogen (secondary N) is 2. The third-order valence-electron chi connectivity index (χ3n) is 5.20. The second-order valence-corrected chi connectivity index (χ2v) is 8.24. The predicted molar refractivity (Wildman–Crippen MR) is 127 cm³/mol. The lowest BCUT2D eigenvalue weighted by Crippen LogP contribution is -2.35.